The molecule has 152 valence electrons. The second-order valence-corrected chi connectivity index (χ2v) is 7.39. The van der Waals surface area contributed by atoms with E-state index in [2.05, 4.69) is 15.2 Å². The number of hydrogen-bond acceptors (Lipinski definition) is 6. The number of amides is 1. The average molecular weight is 442 g/mol. The first-order valence-electron chi connectivity index (χ1n) is 8.80. The van der Waals surface area contributed by atoms with E-state index < -0.39 is 6.09 Å². The average Bonchev–Trinajstić information content (AvgIpc) is 3.10. The summed E-state index contributed by atoms with van der Waals surface area (Å²) in [7, 11) is 3.09. The topological polar surface area (TPSA) is 96.3 Å². The quantitative estimate of drug-likeness (QED) is 0.452. The molecule has 2 N–H and O–H groups in total. The summed E-state index contributed by atoms with van der Waals surface area (Å²) in [5, 5.41) is 18.7. The van der Waals surface area contributed by atoms with Crippen LogP contribution < -0.4 is 4.74 Å². The SMILES string of the molecule is CN(C)C(=O)Oc1cc(O)c(-c2n[nH]c(=S)n2-c2cccc3ncccc23)cc1Cl. The van der Waals surface area contributed by atoms with E-state index in [1.165, 1.54) is 17.0 Å². The molecule has 2 aromatic heterocycles. The molecule has 0 saturated carbocycles. The fraction of sp³-hybridized carbons (Fsp3) is 0.100. The van der Waals surface area contributed by atoms with Gasteiger partial charge in [-0.05, 0) is 42.5 Å². The van der Waals surface area contributed by atoms with Gasteiger partial charge in [0, 0.05) is 31.7 Å². The predicted octanol–water partition coefficient (Wildman–Crippen LogP) is 4.56. The maximum Gasteiger partial charge on any atom is 0.414 e. The van der Waals surface area contributed by atoms with Gasteiger partial charge in [0.05, 0.1) is 21.8 Å². The molecular formula is C20H16ClN5O3S. The van der Waals surface area contributed by atoms with Crippen LogP contribution in [0, 0.1) is 4.77 Å². The van der Waals surface area contributed by atoms with Crippen LogP contribution in [-0.2, 0) is 0 Å². The fourth-order valence-electron chi connectivity index (χ4n) is 2.97. The molecule has 0 unspecified atom stereocenters. The lowest BCUT2D eigenvalue weighted by Gasteiger charge is -2.14. The van der Waals surface area contributed by atoms with Gasteiger partial charge in [-0.1, -0.05) is 17.7 Å². The van der Waals surface area contributed by atoms with Crippen molar-refractivity contribution in [3.8, 4) is 28.6 Å². The van der Waals surface area contributed by atoms with Crippen LogP contribution in [0.2, 0.25) is 5.02 Å². The van der Waals surface area contributed by atoms with Gasteiger partial charge in [0.1, 0.15) is 5.75 Å². The van der Waals surface area contributed by atoms with Crippen LogP contribution in [-0.4, -0.2) is 49.9 Å². The van der Waals surface area contributed by atoms with Crippen LogP contribution in [0.25, 0.3) is 28.0 Å². The van der Waals surface area contributed by atoms with E-state index >= 15 is 0 Å². The van der Waals surface area contributed by atoms with Crippen LogP contribution in [0.4, 0.5) is 4.79 Å². The number of ether oxygens (including phenoxy) is 1. The summed E-state index contributed by atoms with van der Waals surface area (Å²) < 4.78 is 7.21. The minimum atomic E-state index is -0.616. The highest BCUT2D eigenvalue weighted by molar-refractivity contribution is 7.71. The van der Waals surface area contributed by atoms with Crippen molar-refractivity contribution in [2.24, 2.45) is 0 Å². The molecule has 2 heterocycles. The Bertz CT molecular complexity index is 1330. The van der Waals surface area contributed by atoms with E-state index in [-0.39, 0.29) is 16.5 Å². The van der Waals surface area contributed by atoms with E-state index in [1.54, 1.807) is 24.9 Å². The second kappa shape index (κ2) is 7.77. The Hall–Kier alpha value is -3.43. The van der Waals surface area contributed by atoms with E-state index in [0.717, 1.165) is 16.6 Å². The summed E-state index contributed by atoms with van der Waals surface area (Å²) in [6, 6.07) is 12.1. The van der Waals surface area contributed by atoms with E-state index in [9.17, 15) is 9.90 Å². The highest BCUT2D eigenvalue weighted by atomic mass is 35.5. The molecule has 8 nitrogen and oxygen atoms in total. The molecule has 0 atom stereocenters. The van der Waals surface area contributed by atoms with Crippen molar-refractivity contribution >= 4 is 40.8 Å². The largest absolute Gasteiger partial charge is 0.507 e. The minimum absolute atomic E-state index is 0.0339. The number of phenolic OH excluding ortho intramolecular Hbond substituents is 1. The Labute approximate surface area is 181 Å². The molecule has 0 aliphatic heterocycles. The van der Waals surface area contributed by atoms with Crippen LogP contribution in [0.1, 0.15) is 0 Å². The third kappa shape index (κ3) is 3.49. The predicted molar refractivity (Wildman–Crippen MR) is 116 cm³/mol. The minimum Gasteiger partial charge on any atom is -0.507 e. The number of aromatic hydroxyl groups is 1. The monoisotopic (exact) mass is 441 g/mol. The summed E-state index contributed by atoms with van der Waals surface area (Å²) in [5.41, 5.74) is 1.85. The molecule has 30 heavy (non-hydrogen) atoms. The molecule has 0 saturated heterocycles. The first kappa shape index (κ1) is 19.9. The Balaban J connectivity index is 1.87. The summed E-state index contributed by atoms with van der Waals surface area (Å²) in [6.07, 6.45) is 1.09. The van der Waals surface area contributed by atoms with Crippen molar-refractivity contribution in [3.05, 3.63) is 58.5 Å². The van der Waals surface area contributed by atoms with E-state index in [0.29, 0.717) is 16.2 Å². The number of carbonyl (C=O) groups excluding carboxylic acids is 1. The van der Waals surface area contributed by atoms with Crippen LogP contribution in [0.5, 0.6) is 11.5 Å². The molecule has 0 radical (unpaired) electrons. The molecular weight excluding hydrogens is 426 g/mol. The number of rotatable bonds is 3. The zero-order chi connectivity index (χ0) is 21.4. The molecule has 0 aliphatic carbocycles. The van der Waals surface area contributed by atoms with Gasteiger partial charge in [0.15, 0.2) is 16.3 Å². The van der Waals surface area contributed by atoms with Gasteiger partial charge in [-0.25, -0.2) is 4.79 Å². The number of halogens is 1. The number of aromatic nitrogens is 4. The van der Waals surface area contributed by atoms with Gasteiger partial charge in [0.2, 0.25) is 0 Å². The number of aromatic amines is 1. The Morgan fingerprint density at radius 2 is 2.07 bits per heavy atom. The van der Waals surface area contributed by atoms with Gasteiger partial charge >= 0.3 is 6.09 Å². The van der Waals surface area contributed by atoms with Crippen LogP contribution in [0.3, 0.4) is 0 Å². The van der Waals surface area contributed by atoms with Crippen LogP contribution >= 0.6 is 23.8 Å². The zero-order valence-corrected chi connectivity index (χ0v) is 17.5. The van der Waals surface area contributed by atoms with Crippen molar-refractivity contribution in [1.82, 2.24) is 24.6 Å². The zero-order valence-electron chi connectivity index (χ0n) is 16.0. The van der Waals surface area contributed by atoms with E-state index in [4.69, 9.17) is 28.6 Å². The lowest BCUT2D eigenvalue weighted by atomic mass is 10.1. The Morgan fingerprint density at radius 3 is 2.83 bits per heavy atom. The van der Waals surface area contributed by atoms with Gasteiger partial charge in [-0.2, -0.15) is 5.10 Å². The number of phenols is 1. The number of benzene rings is 2. The number of nitrogens with zero attached hydrogens (tertiary/aromatic N) is 4. The molecule has 10 heteroatoms. The maximum absolute atomic E-state index is 11.8. The number of fused-ring (bicyclic) bond motifs is 1. The van der Waals surface area contributed by atoms with Gasteiger partial charge in [-0.3, -0.25) is 14.6 Å². The van der Waals surface area contributed by atoms with Crippen molar-refractivity contribution in [2.75, 3.05) is 14.1 Å². The molecule has 4 aromatic rings. The highest BCUT2D eigenvalue weighted by Crippen LogP contribution is 2.38. The number of pyridine rings is 1. The number of hydrogen-bond donors (Lipinski definition) is 2. The number of H-pyrrole nitrogens is 1. The first-order valence-corrected chi connectivity index (χ1v) is 9.59. The molecule has 2 aromatic carbocycles. The summed E-state index contributed by atoms with van der Waals surface area (Å²) in [6.45, 7) is 0. The smallest absolute Gasteiger partial charge is 0.414 e. The lowest BCUT2D eigenvalue weighted by Crippen LogP contribution is -2.25. The third-order valence-corrected chi connectivity index (χ3v) is 4.96. The summed E-state index contributed by atoms with van der Waals surface area (Å²) in [5.74, 6) is 0.211. The third-order valence-electron chi connectivity index (χ3n) is 4.39. The van der Waals surface area contributed by atoms with Gasteiger partial charge < -0.3 is 14.7 Å². The van der Waals surface area contributed by atoms with Crippen molar-refractivity contribution in [2.45, 2.75) is 0 Å². The normalized spacial score (nSPS) is 10.9. The van der Waals surface area contributed by atoms with E-state index in [1.807, 2.05) is 30.3 Å². The standard InChI is InChI=1S/C20H16ClN5O3S/c1-25(2)20(28)29-17-10-16(27)12(9-13(17)21)18-23-24-19(30)26(18)15-7-3-6-14-11(15)5-4-8-22-14/h3-10,27H,1-2H3,(H,24,30). The van der Waals surface area contributed by atoms with Crippen molar-refractivity contribution < 1.29 is 14.6 Å². The Morgan fingerprint density at radius 1 is 1.27 bits per heavy atom. The van der Waals surface area contributed by atoms with Crippen LogP contribution in [0.15, 0.2) is 48.7 Å². The lowest BCUT2D eigenvalue weighted by molar-refractivity contribution is 0.172. The van der Waals surface area contributed by atoms with Gasteiger partial charge in [0.25, 0.3) is 0 Å². The molecule has 0 aliphatic rings. The Kier molecular flexibility index (Phi) is 5.15. The number of carbonyl (C=O) groups is 1. The van der Waals surface area contributed by atoms with Crippen molar-refractivity contribution in [1.29, 1.82) is 0 Å². The highest BCUT2D eigenvalue weighted by Gasteiger charge is 2.20. The molecule has 1 amide bonds. The molecule has 0 fully saturated rings. The molecule has 4 rings (SSSR count). The fourth-order valence-corrected chi connectivity index (χ4v) is 3.40. The summed E-state index contributed by atoms with van der Waals surface area (Å²) in [4.78, 5) is 17.4. The van der Waals surface area contributed by atoms with Crippen molar-refractivity contribution in [3.63, 3.8) is 0 Å². The number of nitrogens with one attached hydrogen (secondary N) is 1. The first-order chi connectivity index (χ1) is 14.4. The molecule has 0 bridgehead atoms. The second-order valence-electron chi connectivity index (χ2n) is 6.60. The maximum atomic E-state index is 11.8. The summed E-state index contributed by atoms with van der Waals surface area (Å²) >= 11 is 11.8. The molecule has 0 spiro atoms. The van der Waals surface area contributed by atoms with Gasteiger partial charge in [-0.15, -0.1) is 0 Å².